The van der Waals surface area contributed by atoms with E-state index in [-0.39, 0.29) is 0 Å². The van der Waals surface area contributed by atoms with Crippen LogP contribution in [-0.2, 0) is 0 Å². The highest BCUT2D eigenvalue weighted by Gasteiger charge is 1.71. The first-order chi connectivity index (χ1) is 2.81. The smallest absolute Gasteiger partial charge is 0.0907 e. The molecule has 0 saturated carbocycles. The molecule has 2 N–H and O–H groups in total. The van der Waals surface area contributed by atoms with E-state index in [1.807, 2.05) is 14.1 Å². The Hall–Kier alpha value is -0.660. The van der Waals surface area contributed by atoms with E-state index in [9.17, 15) is 0 Å². The van der Waals surface area contributed by atoms with Crippen molar-refractivity contribution in [1.82, 2.24) is 10.6 Å². The molecule has 36 valence electrons. The van der Waals surface area contributed by atoms with Crippen LogP contribution in [0.25, 0.3) is 0 Å². The Balaban J connectivity index is 2.99. The highest BCUT2D eigenvalue weighted by Crippen LogP contribution is 1.62. The van der Waals surface area contributed by atoms with Gasteiger partial charge in [0.1, 0.15) is 0 Å². The van der Waals surface area contributed by atoms with Gasteiger partial charge >= 0.3 is 0 Å². The van der Waals surface area contributed by atoms with Gasteiger partial charge in [0, 0.05) is 14.1 Å². The van der Waals surface area contributed by atoms with Crippen molar-refractivity contribution in [3.63, 3.8) is 0 Å². The van der Waals surface area contributed by atoms with Gasteiger partial charge in [-0.25, -0.2) is 0 Å². The van der Waals surface area contributed by atoms with Crippen molar-refractivity contribution >= 4 is 0 Å². The third-order valence-corrected chi connectivity index (χ3v) is 0.604. The predicted octanol–water partition coefficient (Wildman–Crippen LogP) is -0.104. The maximum Gasteiger partial charge on any atom is 0.0907 e. The van der Waals surface area contributed by atoms with E-state index in [1.165, 1.54) is 0 Å². The Morgan fingerprint density at radius 3 is 1.67 bits per heavy atom. The van der Waals surface area contributed by atoms with Crippen molar-refractivity contribution in [2.24, 2.45) is 0 Å². The van der Waals surface area contributed by atoms with E-state index in [4.69, 9.17) is 0 Å². The predicted molar refractivity (Wildman–Crippen MR) is 27.3 cm³/mol. The van der Waals surface area contributed by atoms with Gasteiger partial charge in [-0.1, -0.05) is 6.58 Å². The lowest BCUT2D eigenvalue weighted by molar-refractivity contribution is 0.844. The van der Waals surface area contributed by atoms with Crippen LogP contribution in [0.1, 0.15) is 0 Å². The van der Waals surface area contributed by atoms with Crippen LogP contribution < -0.4 is 10.6 Å². The number of rotatable bonds is 2. The van der Waals surface area contributed by atoms with Gasteiger partial charge in [0.05, 0.1) is 5.82 Å². The van der Waals surface area contributed by atoms with E-state index in [2.05, 4.69) is 17.2 Å². The van der Waals surface area contributed by atoms with Crippen LogP contribution in [0, 0.1) is 0 Å². The van der Waals surface area contributed by atoms with Gasteiger partial charge in [-0.3, -0.25) is 0 Å². The largest absolute Gasteiger partial charge is 0.375 e. The molecular formula is C4H10N2. The molecule has 0 aromatic heterocycles. The summed E-state index contributed by atoms with van der Waals surface area (Å²) >= 11 is 0. The minimum atomic E-state index is 0.843. The SMILES string of the molecule is C=C(NC)NC. The van der Waals surface area contributed by atoms with Crippen molar-refractivity contribution in [3.05, 3.63) is 12.4 Å². The van der Waals surface area contributed by atoms with Crippen molar-refractivity contribution in [1.29, 1.82) is 0 Å². The van der Waals surface area contributed by atoms with Crippen LogP contribution in [0.2, 0.25) is 0 Å². The molecular weight excluding hydrogens is 76.1 g/mol. The molecule has 0 fully saturated rings. The molecule has 0 atom stereocenters. The Morgan fingerprint density at radius 1 is 1.33 bits per heavy atom. The van der Waals surface area contributed by atoms with E-state index in [0.717, 1.165) is 5.82 Å². The molecule has 0 aliphatic carbocycles. The molecule has 0 aromatic carbocycles. The molecule has 0 unspecified atom stereocenters. The topological polar surface area (TPSA) is 24.1 Å². The Labute approximate surface area is 38.2 Å². The lowest BCUT2D eigenvalue weighted by atomic mass is 10.8. The first-order valence-electron chi connectivity index (χ1n) is 1.85. The monoisotopic (exact) mass is 86.1 g/mol. The van der Waals surface area contributed by atoms with E-state index < -0.39 is 0 Å². The lowest BCUT2D eigenvalue weighted by Gasteiger charge is -1.98. The summed E-state index contributed by atoms with van der Waals surface area (Å²) in [5.41, 5.74) is 0. The van der Waals surface area contributed by atoms with Gasteiger partial charge in [-0.05, 0) is 0 Å². The average molecular weight is 86.1 g/mol. The van der Waals surface area contributed by atoms with Crippen molar-refractivity contribution in [2.75, 3.05) is 14.1 Å². The first kappa shape index (κ1) is 5.34. The van der Waals surface area contributed by atoms with Crippen LogP contribution in [0.4, 0.5) is 0 Å². The highest BCUT2D eigenvalue weighted by atomic mass is 15.0. The second-order valence-electron chi connectivity index (χ2n) is 0.979. The summed E-state index contributed by atoms with van der Waals surface area (Å²) in [6, 6.07) is 0. The van der Waals surface area contributed by atoms with Crippen molar-refractivity contribution < 1.29 is 0 Å². The lowest BCUT2D eigenvalue weighted by Crippen LogP contribution is -2.17. The Bertz CT molecular complexity index is 43.5. The molecule has 0 spiro atoms. The second kappa shape index (κ2) is 2.57. The molecule has 0 rings (SSSR count). The average Bonchev–Trinajstić information content (AvgIpc) is 1.65. The van der Waals surface area contributed by atoms with Crippen molar-refractivity contribution in [3.8, 4) is 0 Å². The fourth-order valence-electron chi connectivity index (χ4n) is 0.125. The zero-order valence-corrected chi connectivity index (χ0v) is 4.21. The zero-order chi connectivity index (χ0) is 4.99. The summed E-state index contributed by atoms with van der Waals surface area (Å²) in [7, 11) is 3.64. The molecule has 0 aliphatic heterocycles. The Kier molecular flexibility index (Phi) is 2.29. The van der Waals surface area contributed by atoms with Gasteiger partial charge in [-0.2, -0.15) is 0 Å². The van der Waals surface area contributed by atoms with E-state index in [1.54, 1.807) is 0 Å². The zero-order valence-electron chi connectivity index (χ0n) is 4.21. The van der Waals surface area contributed by atoms with Crippen LogP contribution in [0.15, 0.2) is 12.4 Å². The summed E-state index contributed by atoms with van der Waals surface area (Å²) in [6.07, 6.45) is 0. The van der Waals surface area contributed by atoms with Gasteiger partial charge in [0.15, 0.2) is 0 Å². The summed E-state index contributed by atoms with van der Waals surface area (Å²) in [5, 5.41) is 5.62. The van der Waals surface area contributed by atoms with Gasteiger partial charge in [0.25, 0.3) is 0 Å². The van der Waals surface area contributed by atoms with Crippen molar-refractivity contribution in [2.45, 2.75) is 0 Å². The fraction of sp³-hybridized carbons (Fsp3) is 0.500. The molecule has 0 heterocycles. The third kappa shape index (κ3) is 1.64. The standard InChI is InChI=1S/C4H10N2/c1-4(5-2)6-3/h5-6H,1H2,2-3H3. The molecule has 0 bridgehead atoms. The molecule has 2 nitrogen and oxygen atoms in total. The van der Waals surface area contributed by atoms with Crippen LogP contribution >= 0.6 is 0 Å². The summed E-state index contributed by atoms with van der Waals surface area (Å²) in [6.45, 7) is 3.57. The van der Waals surface area contributed by atoms with Gasteiger partial charge in [-0.15, -0.1) is 0 Å². The molecule has 0 radical (unpaired) electrons. The molecule has 0 saturated heterocycles. The van der Waals surface area contributed by atoms with Gasteiger partial charge in [0.2, 0.25) is 0 Å². The third-order valence-electron chi connectivity index (χ3n) is 0.604. The number of hydrogen-bond donors (Lipinski definition) is 2. The second-order valence-corrected chi connectivity index (χ2v) is 0.979. The number of nitrogens with one attached hydrogen (secondary N) is 2. The summed E-state index contributed by atoms with van der Waals surface area (Å²) in [5.74, 6) is 0.843. The van der Waals surface area contributed by atoms with Crippen LogP contribution in [-0.4, -0.2) is 14.1 Å². The Morgan fingerprint density at radius 2 is 1.67 bits per heavy atom. The maximum atomic E-state index is 3.57. The first-order valence-corrected chi connectivity index (χ1v) is 1.85. The number of hydrogen-bond acceptors (Lipinski definition) is 2. The maximum absolute atomic E-state index is 3.57. The summed E-state index contributed by atoms with van der Waals surface area (Å²) in [4.78, 5) is 0. The summed E-state index contributed by atoms with van der Waals surface area (Å²) < 4.78 is 0. The van der Waals surface area contributed by atoms with E-state index in [0.29, 0.717) is 0 Å². The molecule has 6 heavy (non-hydrogen) atoms. The fourth-order valence-corrected chi connectivity index (χ4v) is 0.125. The highest BCUT2D eigenvalue weighted by molar-refractivity contribution is 4.82. The minimum absolute atomic E-state index is 0.843. The molecule has 0 aliphatic rings. The quantitative estimate of drug-likeness (QED) is 0.490. The molecule has 0 aromatic rings. The van der Waals surface area contributed by atoms with E-state index >= 15 is 0 Å². The molecule has 2 heteroatoms. The van der Waals surface area contributed by atoms with Gasteiger partial charge < -0.3 is 10.6 Å². The minimum Gasteiger partial charge on any atom is -0.375 e. The van der Waals surface area contributed by atoms with Crippen LogP contribution in [0.5, 0.6) is 0 Å². The molecule has 0 amide bonds. The normalized spacial score (nSPS) is 7.00. The van der Waals surface area contributed by atoms with Crippen LogP contribution in [0.3, 0.4) is 0 Å².